The highest BCUT2D eigenvalue weighted by atomic mass is 16.5. The average molecular weight is 271 g/mol. The summed E-state index contributed by atoms with van der Waals surface area (Å²) in [4.78, 5) is 11.3. The van der Waals surface area contributed by atoms with Gasteiger partial charge in [0.15, 0.2) is 0 Å². The van der Waals surface area contributed by atoms with Gasteiger partial charge in [-0.15, -0.1) is 0 Å². The number of carbonyl (C=O) groups excluding carboxylic acids is 1. The van der Waals surface area contributed by atoms with Crippen LogP contribution in [0.15, 0.2) is 54.6 Å². The molecule has 0 radical (unpaired) electrons. The van der Waals surface area contributed by atoms with Crippen molar-refractivity contribution in [2.24, 2.45) is 5.73 Å². The zero-order valence-electron chi connectivity index (χ0n) is 11.3. The Morgan fingerprint density at radius 2 is 1.80 bits per heavy atom. The lowest BCUT2D eigenvalue weighted by Crippen LogP contribution is -2.33. The molecule has 0 heterocycles. The van der Waals surface area contributed by atoms with E-state index in [1.54, 1.807) is 0 Å². The van der Waals surface area contributed by atoms with Gasteiger partial charge in [0.05, 0.1) is 7.11 Å². The van der Waals surface area contributed by atoms with Crippen LogP contribution in [0.5, 0.6) is 11.5 Å². The van der Waals surface area contributed by atoms with Crippen molar-refractivity contribution in [3.05, 3.63) is 60.2 Å². The normalized spacial score (nSPS) is 11.7. The van der Waals surface area contributed by atoms with Crippen LogP contribution in [0, 0.1) is 0 Å². The topological polar surface area (TPSA) is 61.5 Å². The zero-order chi connectivity index (χ0) is 14.4. The molecular weight excluding hydrogens is 254 g/mol. The zero-order valence-corrected chi connectivity index (χ0v) is 11.3. The Kier molecular flexibility index (Phi) is 4.74. The van der Waals surface area contributed by atoms with Gasteiger partial charge in [0.2, 0.25) is 0 Å². The Bertz CT molecular complexity index is 569. The van der Waals surface area contributed by atoms with Gasteiger partial charge in [0.25, 0.3) is 0 Å². The Labute approximate surface area is 118 Å². The first-order valence-electron chi connectivity index (χ1n) is 6.34. The summed E-state index contributed by atoms with van der Waals surface area (Å²) in [5, 5.41) is 0. The van der Waals surface area contributed by atoms with Crippen LogP contribution in [0.4, 0.5) is 0 Å². The summed E-state index contributed by atoms with van der Waals surface area (Å²) in [5.41, 5.74) is 6.67. The number of benzene rings is 2. The van der Waals surface area contributed by atoms with E-state index in [-0.39, 0.29) is 0 Å². The van der Waals surface area contributed by atoms with Gasteiger partial charge in [-0.2, -0.15) is 0 Å². The van der Waals surface area contributed by atoms with Gasteiger partial charge >= 0.3 is 5.97 Å². The van der Waals surface area contributed by atoms with E-state index in [0.29, 0.717) is 12.2 Å². The molecule has 4 nitrogen and oxygen atoms in total. The van der Waals surface area contributed by atoms with Crippen LogP contribution in [0.3, 0.4) is 0 Å². The minimum atomic E-state index is -0.660. The molecule has 0 amide bonds. The first-order valence-corrected chi connectivity index (χ1v) is 6.34. The molecular formula is C16H17NO3. The van der Waals surface area contributed by atoms with Gasteiger partial charge in [-0.25, -0.2) is 0 Å². The van der Waals surface area contributed by atoms with E-state index < -0.39 is 12.0 Å². The Morgan fingerprint density at radius 1 is 1.10 bits per heavy atom. The third kappa shape index (κ3) is 3.83. The van der Waals surface area contributed by atoms with Crippen molar-refractivity contribution in [2.75, 3.05) is 7.11 Å². The monoisotopic (exact) mass is 271 g/mol. The second kappa shape index (κ2) is 6.73. The van der Waals surface area contributed by atoms with Crippen LogP contribution in [-0.2, 0) is 16.0 Å². The smallest absolute Gasteiger partial charge is 0.322 e. The maximum absolute atomic E-state index is 11.3. The highest BCUT2D eigenvalue weighted by Gasteiger charge is 2.14. The number of hydrogen-bond acceptors (Lipinski definition) is 4. The lowest BCUT2D eigenvalue weighted by Gasteiger charge is -2.11. The quantitative estimate of drug-likeness (QED) is 0.849. The molecule has 0 fully saturated rings. The number of para-hydroxylation sites is 1. The molecule has 1 unspecified atom stereocenters. The molecule has 0 aromatic heterocycles. The molecule has 1 atom stereocenters. The molecule has 104 valence electrons. The predicted octanol–water partition coefficient (Wildman–Crippen LogP) is 2.52. The van der Waals surface area contributed by atoms with Crippen molar-refractivity contribution >= 4 is 5.97 Å². The fourth-order valence-electron chi connectivity index (χ4n) is 1.85. The molecule has 0 saturated heterocycles. The van der Waals surface area contributed by atoms with E-state index in [9.17, 15) is 4.79 Å². The number of ether oxygens (including phenoxy) is 2. The van der Waals surface area contributed by atoms with Crippen LogP contribution in [-0.4, -0.2) is 19.1 Å². The van der Waals surface area contributed by atoms with Crippen LogP contribution < -0.4 is 10.5 Å². The summed E-state index contributed by atoms with van der Waals surface area (Å²) in [6.07, 6.45) is 0.415. The second-order valence-electron chi connectivity index (χ2n) is 4.40. The van der Waals surface area contributed by atoms with E-state index in [0.717, 1.165) is 11.3 Å². The summed E-state index contributed by atoms with van der Waals surface area (Å²) in [6, 6.07) is 16.4. The molecule has 0 saturated carbocycles. The maximum atomic E-state index is 11.3. The Hall–Kier alpha value is -2.33. The Morgan fingerprint density at radius 3 is 2.50 bits per heavy atom. The molecule has 2 rings (SSSR count). The SMILES string of the molecule is COC(=O)C(N)Cc1cccc(Oc2ccccc2)c1. The molecule has 2 aromatic rings. The average Bonchev–Trinajstić information content (AvgIpc) is 2.47. The highest BCUT2D eigenvalue weighted by Crippen LogP contribution is 2.22. The summed E-state index contributed by atoms with van der Waals surface area (Å²) in [5.74, 6) is 1.06. The van der Waals surface area contributed by atoms with Gasteiger partial charge in [0, 0.05) is 0 Å². The molecule has 0 aliphatic heterocycles. The van der Waals surface area contributed by atoms with Crippen LogP contribution in [0.25, 0.3) is 0 Å². The van der Waals surface area contributed by atoms with Gasteiger partial charge < -0.3 is 15.2 Å². The van der Waals surface area contributed by atoms with Crippen molar-refractivity contribution in [1.29, 1.82) is 0 Å². The molecule has 0 aliphatic carbocycles. The van der Waals surface area contributed by atoms with Crippen molar-refractivity contribution < 1.29 is 14.3 Å². The summed E-state index contributed by atoms with van der Waals surface area (Å²) < 4.78 is 10.3. The minimum Gasteiger partial charge on any atom is -0.468 e. The van der Waals surface area contributed by atoms with E-state index in [4.69, 9.17) is 10.5 Å². The standard InChI is InChI=1S/C16H17NO3/c1-19-16(18)15(17)11-12-6-5-9-14(10-12)20-13-7-3-2-4-8-13/h2-10,15H,11,17H2,1H3. The fourth-order valence-corrected chi connectivity index (χ4v) is 1.85. The number of carbonyl (C=O) groups is 1. The van der Waals surface area contributed by atoms with Crippen LogP contribution in [0.2, 0.25) is 0 Å². The van der Waals surface area contributed by atoms with Crippen molar-refractivity contribution in [1.82, 2.24) is 0 Å². The van der Waals surface area contributed by atoms with E-state index in [1.807, 2.05) is 54.6 Å². The van der Waals surface area contributed by atoms with Crippen LogP contribution in [0.1, 0.15) is 5.56 Å². The largest absolute Gasteiger partial charge is 0.468 e. The predicted molar refractivity (Wildman–Crippen MR) is 76.7 cm³/mol. The second-order valence-corrected chi connectivity index (χ2v) is 4.40. The third-order valence-electron chi connectivity index (χ3n) is 2.84. The summed E-state index contributed by atoms with van der Waals surface area (Å²) >= 11 is 0. The molecule has 4 heteroatoms. The molecule has 0 spiro atoms. The molecule has 2 N–H and O–H groups in total. The van der Waals surface area contributed by atoms with Crippen LogP contribution >= 0.6 is 0 Å². The van der Waals surface area contributed by atoms with Gasteiger partial charge in [-0.1, -0.05) is 30.3 Å². The van der Waals surface area contributed by atoms with Crippen molar-refractivity contribution in [3.63, 3.8) is 0 Å². The maximum Gasteiger partial charge on any atom is 0.322 e. The molecule has 0 aliphatic rings. The van der Waals surface area contributed by atoms with Crippen molar-refractivity contribution in [3.8, 4) is 11.5 Å². The summed E-state index contributed by atoms with van der Waals surface area (Å²) in [7, 11) is 1.33. The number of methoxy groups -OCH3 is 1. The minimum absolute atomic E-state index is 0.415. The fraction of sp³-hybridized carbons (Fsp3) is 0.188. The van der Waals surface area contributed by atoms with Crippen molar-refractivity contribution in [2.45, 2.75) is 12.5 Å². The first-order chi connectivity index (χ1) is 9.69. The number of hydrogen-bond donors (Lipinski definition) is 1. The van der Waals surface area contributed by atoms with Gasteiger partial charge in [-0.3, -0.25) is 4.79 Å². The highest BCUT2D eigenvalue weighted by molar-refractivity contribution is 5.75. The summed E-state index contributed by atoms with van der Waals surface area (Å²) in [6.45, 7) is 0. The van der Waals surface area contributed by atoms with E-state index in [2.05, 4.69) is 4.74 Å². The lowest BCUT2D eigenvalue weighted by atomic mass is 10.1. The molecule has 0 bridgehead atoms. The number of nitrogens with two attached hydrogens (primary N) is 1. The number of esters is 1. The third-order valence-corrected chi connectivity index (χ3v) is 2.84. The van der Waals surface area contributed by atoms with E-state index in [1.165, 1.54) is 7.11 Å². The molecule has 20 heavy (non-hydrogen) atoms. The lowest BCUT2D eigenvalue weighted by molar-refractivity contribution is -0.142. The first kappa shape index (κ1) is 14.1. The van der Waals surface area contributed by atoms with Gasteiger partial charge in [-0.05, 0) is 36.2 Å². The molecule has 2 aromatic carbocycles. The number of rotatable bonds is 5. The Balaban J connectivity index is 2.06. The van der Waals surface area contributed by atoms with E-state index >= 15 is 0 Å². The van der Waals surface area contributed by atoms with Gasteiger partial charge in [0.1, 0.15) is 17.5 Å².